The second-order valence-corrected chi connectivity index (χ2v) is 7.25. The molecular weight excluding hydrogens is 347 g/mol. The summed E-state index contributed by atoms with van der Waals surface area (Å²) in [7, 11) is 0. The van der Waals surface area contributed by atoms with Crippen molar-refractivity contribution in [3.8, 4) is 5.75 Å². The fourth-order valence-corrected chi connectivity index (χ4v) is 2.19. The highest BCUT2D eigenvalue weighted by Crippen LogP contribution is 2.19. The molecule has 27 heavy (non-hydrogen) atoms. The highest BCUT2D eigenvalue weighted by Gasteiger charge is 2.20. The third-order valence-electron chi connectivity index (χ3n) is 3.76. The average Bonchev–Trinajstić information content (AvgIpc) is 2.60. The van der Waals surface area contributed by atoms with E-state index in [1.807, 2.05) is 20.8 Å². The van der Waals surface area contributed by atoms with Crippen LogP contribution in [-0.4, -0.2) is 18.4 Å². The second-order valence-electron chi connectivity index (χ2n) is 7.25. The Balaban J connectivity index is 1.81. The number of amides is 2. The van der Waals surface area contributed by atoms with Gasteiger partial charge in [-0.05, 0) is 29.8 Å². The smallest absolute Gasteiger partial charge is 0.226 e. The minimum Gasteiger partial charge on any atom is -0.489 e. The van der Waals surface area contributed by atoms with Crippen LogP contribution in [0.1, 0.15) is 32.8 Å². The van der Waals surface area contributed by atoms with Gasteiger partial charge in [0.1, 0.15) is 18.2 Å². The van der Waals surface area contributed by atoms with Gasteiger partial charge in [-0.15, -0.1) is 0 Å². The van der Waals surface area contributed by atoms with E-state index in [4.69, 9.17) is 4.74 Å². The highest BCUT2D eigenvalue weighted by atomic mass is 19.1. The van der Waals surface area contributed by atoms with Gasteiger partial charge in [0.15, 0.2) is 0 Å². The molecule has 5 nitrogen and oxygen atoms in total. The Morgan fingerprint density at radius 3 is 2.44 bits per heavy atom. The summed E-state index contributed by atoms with van der Waals surface area (Å²) in [5.74, 6) is 0.0201. The van der Waals surface area contributed by atoms with E-state index in [0.29, 0.717) is 18.0 Å². The average molecular weight is 372 g/mol. The largest absolute Gasteiger partial charge is 0.489 e. The number of ether oxygens (including phenoxy) is 1. The van der Waals surface area contributed by atoms with Crippen LogP contribution in [0, 0.1) is 11.2 Å². The van der Waals surface area contributed by atoms with Crippen LogP contribution in [0.2, 0.25) is 0 Å². The molecule has 0 radical (unpaired) electrons. The molecule has 2 aromatic rings. The predicted molar refractivity (Wildman–Crippen MR) is 103 cm³/mol. The number of carbonyl (C=O) groups excluding carboxylic acids is 2. The van der Waals surface area contributed by atoms with E-state index in [0.717, 1.165) is 5.56 Å². The van der Waals surface area contributed by atoms with Gasteiger partial charge in [0.25, 0.3) is 0 Å². The lowest BCUT2D eigenvalue weighted by Crippen LogP contribution is -2.36. The van der Waals surface area contributed by atoms with E-state index < -0.39 is 5.41 Å². The summed E-state index contributed by atoms with van der Waals surface area (Å²) >= 11 is 0. The maximum Gasteiger partial charge on any atom is 0.226 e. The molecule has 0 saturated heterocycles. The van der Waals surface area contributed by atoms with Crippen LogP contribution in [-0.2, 0) is 16.2 Å². The van der Waals surface area contributed by atoms with E-state index in [2.05, 4.69) is 10.6 Å². The first-order valence-corrected chi connectivity index (χ1v) is 8.79. The predicted octanol–water partition coefficient (Wildman–Crippen LogP) is 3.90. The van der Waals surface area contributed by atoms with Crippen molar-refractivity contribution in [2.75, 3.05) is 11.9 Å². The Hall–Kier alpha value is -2.89. The molecular formula is C21H25FN2O3. The van der Waals surface area contributed by atoms with Crippen LogP contribution in [0.15, 0.2) is 48.5 Å². The molecule has 0 aliphatic rings. The number of carbonyl (C=O) groups is 2. The molecule has 2 rings (SSSR count). The fourth-order valence-electron chi connectivity index (χ4n) is 2.19. The van der Waals surface area contributed by atoms with Crippen LogP contribution in [0.5, 0.6) is 5.75 Å². The maximum atomic E-state index is 12.9. The Morgan fingerprint density at radius 1 is 1.07 bits per heavy atom. The molecule has 0 aromatic heterocycles. The first-order chi connectivity index (χ1) is 12.7. The van der Waals surface area contributed by atoms with Crippen molar-refractivity contribution in [3.05, 3.63) is 59.9 Å². The van der Waals surface area contributed by atoms with Crippen LogP contribution in [0.25, 0.3) is 0 Å². The number of hydrogen-bond donors (Lipinski definition) is 2. The zero-order valence-electron chi connectivity index (χ0n) is 15.8. The SMILES string of the molecule is CC(C)(C)C(=O)NCCC(=O)Nc1cccc(OCc2ccc(F)cc2)c1. The van der Waals surface area contributed by atoms with E-state index >= 15 is 0 Å². The molecule has 6 heteroatoms. The van der Waals surface area contributed by atoms with Crippen molar-refractivity contribution in [3.63, 3.8) is 0 Å². The lowest BCUT2D eigenvalue weighted by Gasteiger charge is -2.17. The number of anilines is 1. The van der Waals surface area contributed by atoms with Gasteiger partial charge in [-0.2, -0.15) is 0 Å². The van der Waals surface area contributed by atoms with Crippen molar-refractivity contribution in [1.82, 2.24) is 5.32 Å². The van der Waals surface area contributed by atoms with Crippen LogP contribution in [0.4, 0.5) is 10.1 Å². The molecule has 0 aliphatic carbocycles. The number of nitrogens with one attached hydrogen (secondary N) is 2. The number of benzene rings is 2. The second kappa shape index (κ2) is 9.16. The molecule has 0 aliphatic heterocycles. The van der Waals surface area contributed by atoms with E-state index in [9.17, 15) is 14.0 Å². The molecule has 0 heterocycles. The molecule has 0 unspecified atom stereocenters. The summed E-state index contributed by atoms with van der Waals surface area (Å²) in [6.45, 7) is 6.04. The van der Waals surface area contributed by atoms with Gasteiger partial charge in [0.2, 0.25) is 11.8 Å². The molecule has 0 atom stereocenters. The number of halogens is 1. The summed E-state index contributed by atoms with van der Waals surface area (Å²) in [5.41, 5.74) is 0.978. The molecule has 2 aromatic carbocycles. The molecule has 2 amide bonds. The van der Waals surface area contributed by atoms with Gasteiger partial charge >= 0.3 is 0 Å². The molecule has 144 valence electrons. The fraction of sp³-hybridized carbons (Fsp3) is 0.333. The van der Waals surface area contributed by atoms with Crippen LogP contribution < -0.4 is 15.4 Å². The zero-order valence-corrected chi connectivity index (χ0v) is 15.8. The molecule has 0 fully saturated rings. The lowest BCUT2D eigenvalue weighted by atomic mass is 9.96. The third-order valence-corrected chi connectivity index (χ3v) is 3.76. The third kappa shape index (κ3) is 7.09. The lowest BCUT2D eigenvalue weighted by molar-refractivity contribution is -0.128. The summed E-state index contributed by atoms with van der Waals surface area (Å²) in [5, 5.41) is 5.52. The van der Waals surface area contributed by atoms with Crippen LogP contribution >= 0.6 is 0 Å². The zero-order chi connectivity index (χ0) is 19.9. The van der Waals surface area contributed by atoms with Gasteiger partial charge in [-0.25, -0.2) is 4.39 Å². The Kier molecular flexibility index (Phi) is 6.93. The van der Waals surface area contributed by atoms with E-state index in [1.165, 1.54) is 12.1 Å². The van der Waals surface area contributed by atoms with E-state index in [-0.39, 0.29) is 30.6 Å². The normalized spacial score (nSPS) is 11.0. The first kappa shape index (κ1) is 20.4. The summed E-state index contributed by atoms with van der Waals surface area (Å²) < 4.78 is 18.6. The highest BCUT2D eigenvalue weighted by molar-refractivity contribution is 5.91. The first-order valence-electron chi connectivity index (χ1n) is 8.79. The standard InChI is InChI=1S/C21H25FN2O3/c1-21(2,3)20(26)23-12-11-19(25)24-17-5-4-6-18(13-17)27-14-15-7-9-16(22)10-8-15/h4-10,13H,11-12,14H2,1-3H3,(H,23,26)(H,24,25). The maximum absolute atomic E-state index is 12.9. The summed E-state index contributed by atoms with van der Waals surface area (Å²) in [6, 6.07) is 13.1. The Bertz CT molecular complexity index is 783. The van der Waals surface area contributed by atoms with Gasteiger partial charge < -0.3 is 15.4 Å². The van der Waals surface area contributed by atoms with Gasteiger partial charge in [-0.3, -0.25) is 9.59 Å². The molecule has 0 spiro atoms. The summed E-state index contributed by atoms with van der Waals surface area (Å²) in [6.07, 6.45) is 0.183. The van der Waals surface area contributed by atoms with Crippen molar-refractivity contribution in [2.45, 2.75) is 33.8 Å². The van der Waals surface area contributed by atoms with Crippen molar-refractivity contribution in [1.29, 1.82) is 0 Å². The molecule has 2 N–H and O–H groups in total. The molecule has 0 saturated carbocycles. The monoisotopic (exact) mass is 372 g/mol. The minimum atomic E-state index is -0.479. The van der Waals surface area contributed by atoms with Gasteiger partial charge in [0.05, 0.1) is 0 Å². The van der Waals surface area contributed by atoms with Gasteiger partial charge in [0, 0.05) is 30.1 Å². The Morgan fingerprint density at radius 2 is 1.78 bits per heavy atom. The topological polar surface area (TPSA) is 67.4 Å². The van der Waals surface area contributed by atoms with E-state index in [1.54, 1.807) is 36.4 Å². The van der Waals surface area contributed by atoms with Crippen molar-refractivity contribution < 1.29 is 18.7 Å². The number of rotatable bonds is 7. The number of hydrogen-bond acceptors (Lipinski definition) is 3. The van der Waals surface area contributed by atoms with Crippen molar-refractivity contribution in [2.24, 2.45) is 5.41 Å². The minimum absolute atomic E-state index is 0.0912. The van der Waals surface area contributed by atoms with Gasteiger partial charge in [-0.1, -0.05) is 39.0 Å². The molecule has 0 bridgehead atoms. The van der Waals surface area contributed by atoms with Crippen molar-refractivity contribution >= 4 is 17.5 Å². The Labute approximate surface area is 158 Å². The summed E-state index contributed by atoms with van der Waals surface area (Å²) in [4.78, 5) is 23.8. The van der Waals surface area contributed by atoms with Crippen LogP contribution in [0.3, 0.4) is 0 Å². The quantitative estimate of drug-likeness (QED) is 0.775.